The first-order valence-electron chi connectivity index (χ1n) is 9.57. The van der Waals surface area contributed by atoms with E-state index in [2.05, 4.69) is 20.8 Å². The molecule has 7 nitrogen and oxygen atoms in total. The Bertz CT molecular complexity index is 936. The SMILES string of the molecule is Cc1ccc(-c2nnc(CCC(=O)NCCC(=O)NCc3ccccc3)o2)cc1. The fraction of sp³-hybridized carbons (Fsp3) is 0.273. The molecule has 2 N–H and O–H groups in total. The molecular weight excluding hydrogens is 368 g/mol. The zero-order valence-corrected chi connectivity index (χ0v) is 16.4. The quantitative estimate of drug-likeness (QED) is 0.584. The number of nitrogens with one attached hydrogen (secondary N) is 2. The molecule has 2 aromatic carbocycles. The fourth-order valence-electron chi connectivity index (χ4n) is 2.68. The predicted octanol–water partition coefficient (Wildman–Crippen LogP) is 2.80. The van der Waals surface area contributed by atoms with Gasteiger partial charge in [-0.15, -0.1) is 10.2 Å². The molecule has 0 radical (unpaired) electrons. The summed E-state index contributed by atoms with van der Waals surface area (Å²) in [6.07, 6.45) is 0.808. The van der Waals surface area contributed by atoms with E-state index in [0.717, 1.165) is 16.7 Å². The van der Waals surface area contributed by atoms with E-state index in [1.807, 2.05) is 61.5 Å². The Balaban J connectivity index is 1.34. The first kappa shape index (κ1) is 20.3. The summed E-state index contributed by atoms with van der Waals surface area (Å²) in [4.78, 5) is 23.8. The van der Waals surface area contributed by atoms with Crippen molar-refractivity contribution in [1.29, 1.82) is 0 Å². The molecule has 0 bridgehead atoms. The molecule has 0 fully saturated rings. The molecule has 1 aromatic heterocycles. The average molecular weight is 392 g/mol. The Morgan fingerprint density at radius 2 is 1.62 bits per heavy atom. The number of aromatic nitrogens is 2. The molecule has 3 rings (SSSR count). The molecule has 0 aliphatic heterocycles. The van der Waals surface area contributed by atoms with E-state index in [4.69, 9.17) is 4.42 Å². The zero-order chi connectivity index (χ0) is 20.5. The number of carbonyl (C=O) groups excluding carboxylic acids is 2. The van der Waals surface area contributed by atoms with Crippen LogP contribution in [-0.2, 0) is 22.6 Å². The van der Waals surface area contributed by atoms with Gasteiger partial charge in [-0.1, -0.05) is 48.0 Å². The molecule has 0 atom stereocenters. The fourth-order valence-corrected chi connectivity index (χ4v) is 2.68. The number of nitrogens with zero attached hydrogens (tertiary/aromatic N) is 2. The molecule has 0 saturated carbocycles. The van der Waals surface area contributed by atoms with Crippen LogP contribution in [0.1, 0.15) is 29.9 Å². The van der Waals surface area contributed by atoms with Gasteiger partial charge in [0.1, 0.15) is 0 Å². The molecule has 3 aromatic rings. The third-order valence-corrected chi connectivity index (χ3v) is 4.34. The molecule has 150 valence electrons. The van der Waals surface area contributed by atoms with Crippen LogP contribution in [0.25, 0.3) is 11.5 Å². The molecule has 29 heavy (non-hydrogen) atoms. The topological polar surface area (TPSA) is 97.1 Å². The van der Waals surface area contributed by atoms with E-state index in [-0.39, 0.29) is 31.2 Å². The second-order valence-corrected chi connectivity index (χ2v) is 6.73. The molecule has 0 spiro atoms. The zero-order valence-electron chi connectivity index (χ0n) is 16.4. The third kappa shape index (κ3) is 6.57. The van der Waals surface area contributed by atoms with Gasteiger partial charge in [-0.25, -0.2) is 0 Å². The van der Waals surface area contributed by atoms with E-state index in [1.165, 1.54) is 0 Å². The van der Waals surface area contributed by atoms with Gasteiger partial charge in [0.25, 0.3) is 0 Å². The monoisotopic (exact) mass is 392 g/mol. The molecule has 7 heteroatoms. The summed E-state index contributed by atoms with van der Waals surface area (Å²) in [5.74, 6) is 0.594. The summed E-state index contributed by atoms with van der Waals surface area (Å²) in [6.45, 7) is 2.78. The maximum absolute atomic E-state index is 12.0. The van der Waals surface area contributed by atoms with Crippen molar-refractivity contribution in [2.45, 2.75) is 32.7 Å². The molecule has 2 amide bonds. The highest BCUT2D eigenvalue weighted by atomic mass is 16.4. The van der Waals surface area contributed by atoms with Gasteiger partial charge in [-0.2, -0.15) is 0 Å². The maximum Gasteiger partial charge on any atom is 0.247 e. The third-order valence-electron chi connectivity index (χ3n) is 4.34. The summed E-state index contributed by atoms with van der Waals surface area (Å²) >= 11 is 0. The molecule has 0 aliphatic carbocycles. The number of hydrogen-bond acceptors (Lipinski definition) is 5. The van der Waals surface area contributed by atoms with Gasteiger partial charge in [0.15, 0.2) is 0 Å². The lowest BCUT2D eigenvalue weighted by molar-refractivity contribution is -0.122. The number of amides is 2. The van der Waals surface area contributed by atoms with Crippen molar-refractivity contribution >= 4 is 11.8 Å². The van der Waals surface area contributed by atoms with Gasteiger partial charge in [-0.05, 0) is 24.6 Å². The van der Waals surface area contributed by atoms with E-state index >= 15 is 0 Å². The van der Waals surface area contributed by atoms with E-state index in [1.54, 1.807) is 0 Å². The van der Waals surface area contributed by atoms with Crippen molar-refractivity contribution in [2.75, 3.05) is 6.54 Å². The Labute approximate surface area is 169 Å². The summed E-state index contributed by atoms with van der Waals surface area (Å²) in [7, 11) is 0. The number of carbonyl (C=O) groups is 2. The van der Waals surface area contributed by atoms with Crippen LogP contribution in [0.15, 0.2) is 59.0 Å². The van der Waals surface area contributed by atoms with Crippen LogP contribution >= 0.6 is 0 Å². The lowest BCUT2D eigenvalue weighted by atomic mass is 10.1. The van der Waals surface area contributed by atoms with Crippen molar-refractivity contribution in [3.8, 4) is 11.5 Å². The minimum atomic E-state index is -0.157. The van der Waals surface area contributed by atoms with Crippen molar-refractivity contribution < 1.29 is 14.0 Å². The number of rotatable bonds is 9. The van der Waals surface area contributed by atoms with Crippen molar-refractivity contribution in [1.82, 2.24) is 20.8 Å². The van der Waals surface area contributed by atoms with Crippen molar-refractivity contribution in [2.24, 2.45) is 0 Å². The second-order valence-electron chi connectivity index (χ2n) is 6.73. The maximum atomic E-state index is 12.0. The first-order valence-corrected chi connectivity index (χ1v) is 9.57. The van der Waals surface area contributed by atoms with Gasteiger partial charge in [-0.3, -0.25) is 9.59 Å². The lowest BCUT2D eigenvalue weighted by Crippen LogP contribution is -2.30. The largest absolute Gasteiger partial charge is 0.421 e. The van der Waals surface area contributed by atoms with E-state index in [9.17, 15) is 9.59 Å². The lowest BCUT2D eigenvalue weighted by Gasteiger charge is -2.06. The summed E-state index contributed by atoms with van der Waals surface area (Å²) in [6, 6.07) is 17.5. The smallest absolute Gasteiger partial charge is 0.247 e. The minimum Gasteiger partial charge on any atom is -0.421 e. The van der Waals surface area contributed by atoms with Crippen molar-refractivity contribution in [3.05, 3.63) is 71.6 Å². The Hall–Kier alpha value is -3.48. The van der Waals surface area contributed by atoms with Crippen LogP contribution in [0.2, 0.25) is 0 Å². The average Bonchev–Trinajstić information content (AvgIpc) is 3.21. The van der Waals surface area contributed by atoms with Crippen LogP contribution in [0, 0.1) is 6.92 Å². The molecular formula is C22H24N4O3. The normalized spacial score (nSPS) is 10.5. The van der Waals surface area contributed by atoms with E-state index < -0.39 is 0 Å². The predicted molar refractivity (Wildman–Crippen MR) is 109 cm³/mol. The number of aryl methyl sites for hydroxylation is 2. The van der Waals surface area contributed by atoms with E-state index in [0.29, 0.717) is 24.7 Å². The molecule has 1 heterocycles. The van der Waals surface area contributed by atoms with Gasteiger partial charge in [0.05, 0.1) is 0 Å². The van der Waals surface area contributed by atoms with Crippen LogP contribution in [0.4, 0.5) is 0 Å². The Morgan fingerprint density at radius 3 is 2.38 bits per heavy atom. The van der Waals surface area contributed by atoms with Crippen molar-refractivity contribution in [3.63, 3.8) is 0 Å². The van der Waals surface area contributed by atoms with Gasteiger partial charge in [0.2, 0.25) is 23.6 Å². The molecule has 0 saturated heterocycles. The summed E-state index contributed by atoms with van der Waals surface area (Å²) in [5, 5.41) is 13.6. The highest BCUT2D eigenvalue weighted by Crippen LogP contribution is 2.18. The molecule has 0 unspecified atom stereocenters. The van der Waals surface area contributed by atoms with Gasteiger partial charge >= 0.3 is 0 Å². The molecule has 0 aliphatic rings. The first-order chi connectivity index (χ1) is 14.1. The summed E-state index contributed by atoms with van der Waals surface area (Å²) < 4.78 is 5.61. The minimum absolute atomic E-state index is 0.103. The van der Waals surface area contributed by atoms with Crippen LogP contribution < -0.4 is 10.6 Å². The van der Waals surface area contributed by atoms with Crippen LogP contribution in [0.5, 0.6) is 0 Å². The number of benzene rings is 2. The highest BCUT2D eigenvalue weighted by Gasteiger charge is 2.11. The van der Waals surface area contributed by atoms with Gasteiger partial charge < -0.3 is 15.1 Å². The highest BCUT2D eigenvalue weighted by molar-refractivity contribution is 5.79. The standard InChI is InChI=1S/C22H24N4O3/c1-16-7-9-18(10-8-16)22-26-25-21(29-22)12-11-19(27)23-14-13-20(28)24-15-17-5-3-2-4-6-17/h2-10H,11-15H2,1H3,(H,23,27)(H,24,28). The van der Waals surface area contributed by atoms with Gasteiger partial charge in [0, 0.05) is 37.9 Å². The summed E-state index contributed by atoms with van der Waals surface area (Å²) in [5.41, 5.74) is 3.04. The number of hydrogen-bond donors (Lipinski definition) is 2. The van der Waals surface area contributed by atoms with Crippen LogP contribution in [0.3, 0.4) is 0 Å². The Kier molecular flexibility index (Phi) is 7.10. The Morgan fingerprint density at radius 1 is 0.897 bits per heavy atom. The van der Waals surface area contributed by atoms with Crippen LogP contribution in [-0.4, -0.2) is 28.6 Å². The second kappa shape index (κ2) is 10.2.